The number of aryl methyl sites for hydroxylation is 1. The third kappa shape index (κ3) is 3.01. The Balaban J connectivity index is 1.47. The van der Waals surface area contributed by atoms with Crippen LogP contribution in [-0.2, 0) is 11.3 Å². The van der Waals surface area contributed by atoms with Gasteiger partial charge in [0.05, 0.1) is 23.2 Å². The Morgan fingerprint density at radius 3 is 2.77 bits per heavy atom. The minimum atomic E-state index is -0.456. The first-order chi connectivity index (χ1) is 12.6. The van der Waals surface area contributed by atoms with Crippen molar-refractivity contribution in [2.45, 2.75) is 57.3 Å². The van der Waals surface area contributed by atoms with Gasteiger partial charge in [-0.3, -0.25) is 9.69 Å². The molecular formula is C20H28N4O2. The van der Waals surface area contributed by atoms with Gasteiger partial charge in [-0.25, -0.2) is 4.98 Å². The van der Waals surface area contributed by atoms with Gasteiger partial charge in [0.1, 0.15) is 12.4 Å². The van der Waals surface area contributed by atoms with Gasteiger partial charge in [-0.05, 0) is 57.8 Å². The summed E-state index contributed by atoms with van der Waals surface area (Å²) < 4.78 is 1.97. The van der Waals surface area contributed by atoms with Crippen molar-refractivity contribution in [3.05, 3.63) is 30.1 Å². The maximum atomic E-state index is 12.9. The molecule has 3 atom stereocenters. The summed E-state index contributed by atoms with van der Waals surface area (Å²) in [6.07, 6.45) is 3.82. The number of likely N-dealkylation sites (tertiary alicyclic amines) is 1. The van der Waals surface area contributed by atoms with Gasteiger partial charge < -0.3 is 14.6 Å². The van der Waals surface area contributed by atoms with Crippen molar-refractivity contribution >= 4 is 16.9 Å². The summed E-state index contributed by atoms with van der Waals surface area (Å²) in [7, 11) is 1.83. The summed E-state index contributed by atoms with van der Waals surface area (Å²) in [6, 6.07) is 8.00. The number of carbonyl (C=O) groups excluding carboxylic acids is 1. The number of fused-ring (bicyclic) bond motifs is 1. The van der Waals surface area contributed by atoms with Gasteiger partial charge in [-0.2, -0.15) is 0 Å². The number of likely N-dealkylation sites (N-methyl/N-ethyl adjacent to an activating group) is 1. The predicted molar refractivity (Wildman–Crippen MR) is 101 cm³/mol. The van der Waals surface area contributed by atoms with E-state index in [1.807, 2.05) is 42.8 Å². The fraction of sp³-hybridized carbons (Fsp3) is 0.600. The average Bonchev–Trinajstić information content (AvgIpc) is 3.34. The second kappa shape index (κ2) is 7.00. The number of benzene rings is 1. The monoisotopic (exact) mass is 356 g/mol. The van der Waals surface area contributed by atoms with Crippen LogP contribution in [0.1, 0.15) is 31.5 Å². The highest BCUT2D eigenvalue weighted by molar-refractivity contribution is 5.81. The molecule has 1 amide bonds. The fourth-order valence-corrected chi connectivity index (χ4v) is 4.66. The number of hydrogen-bond donors (Lipinski definition) is 1. The van der Waals surface area contributed by atoms with Gasteiger partial charge in [0, 0.05) is 13.1 Å². The van der Waals surface area contributed by atoms with E-state index in [4.69, 9.17) is 0 Å². The quantitative estimate of drug-likeness (QED) is 0.907. The number of hydrogen-bond acceptors (Lipinski definition) is 4. The number of para-hydroxylation sites is 2. The van der Waals surface area contributed by atoms with Crippen LogP contribution < -0.4 is 0 Å². The van der Waals surface area contributed by atoms with Gasteiger partial charge in [0.25, 0.3) is 0 Å². The van der Waals surface area contributed by atoms with Crippen LogP contribution in [0, 0.1) is 6.92 Å². The highest BCUT2D eigenvalue weighted by Crippen LogP contribution is 2.30. The topological polar surface area (TPSA) is 61.6 Å². The molecule has 140 valence electrons. The Hall–Kier alpha value is -1.92. The SMILES string of the molecule is Cc1nc2ccccc2n1CC(=O)N(C)[C@@H]1CC[C@@H](N2CCCC2)[C@@H]1O. The van der Waals surface area contributed by atoms with E-state index in [-0.39, 0.29) is 24.5 Å². The molecule has 1 aromatic carbocycles. The highest BCUT2D eigenvalue weighted by Gasteiger charge is 2.41. The van der Waals surface area contributed by atoms with Crippen LogP contribution in [0.5, 0.6) is 0 Å². The molecule has 2 heterocycles. The van der Waals surface area contributed by atoms with Gasteiger partial charge in [0.15, 0.2) is 0 Å². The lowest BCUT2D eigenvalue weighted by atomic mass is 10.1. The molecule has 6 heteroatoms. The average molecular weight is 356 g/mol. The first kappa shape index (κ1) is 17.5. The first-order valence-electron chi connectivity index (χ1n) is 9.66. The minimum absolute atomic E-state index is 0.0300. The third-order valence-electron chi connectivity index (χ3n) is 6.19. The molecule has 6 nitrogen and oxygen atoms in total. The van der Waals surface area contributed by atoms with Crippen LogP contribution >= 0.6 is 0 Å². The van der Waals surface area contributed by atoms with Crippen LogP contribution in [0.4, 0.5) is 0 Å². The Kier molecular flexibility index (Phi) is 4.71. The number of imidazole rings is 1. The van der Waals surface area contributed by atoms with E-state index >= 15 is 0 Å². The third-order valence-corrected chi connectivity index (χ3v) is 6.19. The second-order valence-electron chi connectivity index (χ2n) is 7.68. The number of nitrogens with zero attached hydrogens (tertiary/aromatic N) is 4. The van der Waals surface area contributed by atoms with E-state index < -0.39 is 6.10 Å². The first-order valence-corrected chi connectivity index (χ1v) is 9.66. The second-order valence-corrected chi connectivity index (χ2v) is 7.68. The van der Waals surface area contributed by atoms with Gasteiger partial charge in [-0.1, -0.05) is 12.1 Å². The summed E-state index contributed by atoms with van der Waals surface area (Å²) in [6.45, 7) is 4.35. The van der Waals surface area contributed by atoms with Crippen molar-refractivity contribution in [2.24, 2.45) is 0 Å². The molecule has 0 bridgehead atoms. The lowest BCUT2D eigenvalue weighted by Crippen LogP contribution is -2.49. The summed E-state index contributed by atoms with van der Waals surface area (Å²) in [5.74, 6) is 0.872. The molecule has 2 fully saturated rings. The van der Waals surface area contributed by atoms with Crippen molar-refractivity contribution in [2.75, 3.05) is 20.1 Å². The molecule has 1 aliphatic heterocycles. The molecule has 0 unspecified atom stereocenters. The van der Waals surface area contributed by atoms with Crippen molar-refractivity contribution in [1.29, 1.82) is 0 Å². The summed E-state index contributed by atoms with van der Waals surface area (Å²) >= 11 is 0. The fourth-order valence-electron chi connectivity index (χ4n) is 4.66. The predicted octanol–water partition coefficient (Wildman–Crippen LogP) is 1.79. The van der Waals surface area contributed by atoms with Crippen LogP contribution in [0.25, 0.3) is 11.0 Å². The molecule has 2 aliphatic rings. The maximum Gasteiger partial charge on any atom is 0.242 e. The molecule has 0 spiro atoms. The van der Waals surface area contributed by atoms with E-state index in [2.05, 4.69) is 9.88 Å². The van der Waals surface area contributed by atoms with Crippen LogP contribution in [0.2, 0.25) is 0 Å². The molecule has 1 saturated heterocycles. The normalized spacial score (nSPS) is 26.7. The highest BCUT2D eigenvalue weighted by atomic mass is 16.3. The van der Waals surface area contributed by atoms with E-state index in [1.165, 1.54) is 12.8 Å². The van der Waals surface area contributed by atoms with Crippen molar-refractivity contribution in [3.63, 3.8) is 0 Å². The largest absolute Gasteiger partial charge is 0.389 e. The molecule has 4 rings (SSSR count). The molecule has 26 heavy (non-hydrogen) atoms. The lowest BCUT2D eigenvalue weighted by molar-refractivity contribution is -0.134. The van der Waals surface area contributed by atoms with Gasteiger partial charge >= 0.3 is 0 Å². The molecule has 1 aliphatic carbocycles. The van der Waals surface area contributed by atoms with E-state index in [0.29, 0.717) is 0 Å². The molecule has 1 N–H and O–H groups in total. The van der Waals surface area contributed by atoms with Gasteiger partial charge in [-0.15, -0.1) is 0 Å². The van der Waals surface area contributed by atoms with Crippen molar-refractivity contribution in [1.82, 2.24) is 19.4 Å². The Morgan fingerprint density at radius 1 is 1.27 bits per heavy atom. The van der Waals surface area contributed by atoms with Crippen LogP contribution in [-0.4, -0.2) is 68.7 Å². The Bertz CT molecular complexity index is 796. The number of aliphatic hydroxyl groups is 1. The van der Waals surface area contributed by atoms with E-state index in [9.17, 15) is 9.90 Å². The van der Waals surface area contributed by atoms with Crippen LogP contribution in [0.15, 0.2) is 24.3 Å². The number of aliphatic hydroxyl groups excluding tert-OH is 1. The lowest BCUT2D eigenvalue weighted by Gasteiger charge is -2.32. The van der Waals surface area contributed by atoms with E-state index in [0.717, 1.165) is 42.8 Å². The van der Waals surface area contributed by atoms with Gasteiger partial charge in [0.2, 0.25) is 5.91 Å². The minimum Gasteiger partial charge on any atom is -0.389 e. The Labute approximate surface area is 154 Å². The zero-order valence-corrected chi connectivity index (χ0v) is 15.6. The number of rotatable bonds is 4. The van der Waals surface area contributed by atoms with Crippen LogP contribution in [0.3, 0.4) is 0 Å². The zero-order chi connectivity index (χ0) is 18.3. The van der Waals surface area contributed by atoms with Crippen molar-refractivity contribution < 1.29 is 9.90 Å². The molecule has 1 aromatic heterocycles. The standard InChI is InChI=1S/C20H28N4O2/c1-14-21-15-7-3-4-8-16(15)24(14)13-19(25)22(2)17-9-10-18(20(17)26)23-11-5-6-12-23/h3-4,7-8,17-18,20,26H,5-6,9-13H2,1-2H3/t17-,18-,20-/m1/s1. The molecule has 0 radical (unpaired) electrons. The molecule has 2 aromatic rings. The smallest absolute Gasteiger partial charge is 0.242 e. The molecular weight excluding hydrogens is 328 g/mol. The number of carbonyl (C=O) groups is 1. The number of aromatic nitrogens is 2. The van der Waals surface area contributed by atoms with E-state index in [1.54, 1.807) is 4.90 Å². The summed E-state index contributed by atoms with van der Waals surface area (Å²) in [5, 5.41) is 10.8. The summed E-state index contributed by atoms with van der Waals surface area (Å²) in [4.78, 5) is 21.6. The Morgan fingerprint density at radius 2 is 2.00 bits per heavy atom. The summed E-state index contributed by atoms with van der Waals surface area (Å²) in [5.41, 5.74) is 1.89. The van der Waals surface area contributed by atoms with Crippen molar-refractivity contribution in [3.8, 4) is 0 Å². The molecule has 1 saturated carbocycles. The number of amides is 1. The zero-order valence-electron chi connectivity index (χ0n) is 15.6. The maximum absolute atomic E-state index is 12.9.